The minimum absolute atomic E-state index is 0. The summed E-state index contributed by atoms with van der Waals surface area (Å²) in [6.07, 6.45) is 0. The summed E-state index contributed by atoms with van der Waals surface area (Å²) in [7, 11) is 0. The average molecular weight is 246 g/mol. The molecule has 0 fully saturated rings. The van der Waals surface area contributed by atoms with Crippen molar-refractivity contribution in [3.8, 4) is 17.9 Å². The summed E-state index contributed by atoms with van der Waals surface area (Å²) in [5.74, 6) is 0.00823. The average Bonchev–Trinajstić information content (AvgIpc) is 2.16. The first-order chi connectivity index (χ1) is 6.67. The van der Waals surface area contributed by atoms with E-state index in [-0.39, 0.29) is 68.3 Å². The van der Waals surface area contributed by atoms with Gasteiger partial charge in [0, 0.05) is 6.07 Å². The van der Waals surface area contributed by atoms with Gasteiger partial charge in [0.25, 0.3) is 0 Å². The Bertz CT molecular complexity index is 464. The van der Waals surface area contributed by atoms with Crippen molar-refractivity contribution in [3.05, 3.63) is 29.3 Å². The Morgan fingerprint density at radius 3 is 2.33 bits per heavy atom. The third kappa shape index (κ3) is 4.41. The summed E-state index contributed by atoms with van der Waals surface area (Å²) in [5.41, 5.74) is 0.256. The Morgan fingerprint density at radius 1 is 1.27 bits per heavy atom. The van der Waals surface area contributed by atoms with Crippen LogP contribution >= 0.6 is 0 Å². The second-order valence-electron chi connectivity index (χ2n) is 2.22. The van der Waals surface area contributed by atoms with Crippen LogP contribution in [0.15, 0.2) is 18.2 Å². The van der Waals surface area contributed by atoms with Crippen LogP contribution in [-0.4, -0.2) is 8.76 Å². The van der Waals surface area contributed by atoms with E-state index in [1.165, 1.54) is 18.2 Å². The van der Waals surface area contributed by atoms with Crippen LogP contribution in [0, 0.1) is 22.7 Å². The molecule has 0 radical (unpaired) electrons. The molecule has 1 atom stereocenters. The zero-order chi connectivity index (χ0) is 10.6. The van der Waals surface area contributed by atoms with Crippen molar-refractivity contribution >= 4 is 11.4 Å². The molecular formula is C8H3KN2O3S. The van der Waals surface area contributed by atoms with Gasteiger partial charge in [-0.3, -0.25) is 0 Å². The number of hydrogen-bond acceptors (Lipinski definition) is 5. The smallest absolute Gasteiger partial charge is 0.740 e. The summed E-state index contributed by atoms with van der Waals surface area (Å²) in [4.78, 5) is 0. The summed E-state index contributed by atoms with van der Waals surface area (Å²) < 4.78 is 24.6. The minimum Gasteiger partial charge on any atom is -0.740 e. The van der Waals surface area contributed by atoms with Crippen LogP contribution in [0.2, 0.25) is 0 Å². The van der Waals surface area contributed by atoms with E-state index in [1.807, 2.05) is 0 Å². The first-order valence-corrected chi connectivity index (χ1v) is 4.39. The number of nitriles is 2. The quantitative estimate of drug-likeness (QED) is 0.428. The van der Waals surface area contributed by atoms with E-state index in [2.05, 4.69) is 4.18 Å². The number of benzene rings is 1. The van der Waals surface area contributed by atoms with Gasteiger partial charge in [0.05, 0.1) is 11.1 Å². The van der Waals surface area contributed by atoms with Gasteiger partial charge in [-0.1, -0.05) is 0 Å². The van der Waals surface area contributed by atoms with Crippen LogP contribution in [0.4, 0.5) is 0 Å². The number of nitrogens with zero attached hydrogens (tertiary/aromatic N) is 2. The van der Waals surface area contributed by atoms with Gasteiger partial charge in [0.2, 0.25) is 0 Å². The fourth-order valence-corrected chi connectivity index (χ4v) is 1.10. The van der Waals surface area contributed by atoms with Gasteiger partial charge in [-0.25, -0.2) is 4.21 Å². The Balaban J connectivity index is 0.00000196. The van der Waals surface area contributed by atoms with Crippen molar-refractivity contribution in [3.63, 3.8) is 0 Å². The van der Waals surface area contributed by atoms with Gasteiger partial charge in [-0.05, 0) is 12.1 Å². The molecule has 1 rings (SSSR count). The van der Waals surface area contributed by atoms with Crippen molar-refractivity contribution in [2.45, 2.75) is 0 Å². The maximum atomic E-state index is 10.2. The predicted octanol–water partition coefficient (Wildman–Crippen LogP) is -2.39. The second kappa shape index (κ2) is 7.09. The van der Waals surface area contributed by atoms with Crippen molar-refractivity contribution in [1.29, 1.82) is 10.5 Å². The SMILES string of the molecule is N#Cc1ccc(OS(=O)[O-])cc1C#N.[K+]. The normalized spacial score (nSPS) is 10.3. The summed E-state index contributed by atoms with van der Waals surface area (Å²) in [6.45, 7) is 0. The van der Waals surface area contributed by atoms with Crippen LogP contribution in [0.25, 0.3) is 0 Å². The summed E-state index contributed by atoms with van der Waals surface area (Å²) >= 11 is -2.68. The van der Waals surface area contributed by atoms with Crippen molar-refractivity contribution < 1.29 is 64.3 Å². The van der Waals surface area contributed by atoms with Crippen LogP contribution in [0.5, 0.6) is 5.75 Å². The first-order valence-electron chi connectivity index (χ1n) is 3.39. The molecule has 1 aromatic rings. The summed E-state index contributed by atoms with van der Waals surface area (Å²) in [5, 5.41) is 17.2. The fraction of sp³-hybridized carbons (Fsp3) is 0. The minimum atomic E-state index is -2.68. The molecule has 0 spiro atoms. The zero-order valence-corrected chi connectivity index (χ0v) is 11.7. The fourth-order valence-electron chi connectivity index (χ4n) is 0.844. The molecule has 0 saturated carbocycles. The Labute approximate surface area is 132 Å². The van der Waals surface area contributed by atoms with E-state index in [1.54, 1.807) is 12.1 Å². The zero-order valence-electron chi connectivity index (χ0n) is 7.76. The Hall–Kier alpha value is -0.254. The molecule has 1 aromatic carbocycles. The van der Waals surface area contributed by atoms with E-state index in [0.717, 1.165) is 0 Å². The first kappa shape index (κ1) is 14.7. The number of hydrogen-bond donors (Lipinski definition) is 0. The largest absolute Gasteiger partial charge is 1.00 e. The van der Waals surface area contributed by atoms with E-state index in [4.69, 9.17) is 10.5 Å². The van der Waals surface area contributed by atoms with E-state index >= 15 is 0 Å². The standard InChI is InChI=1S/C8H4N2O3S.K/c9-4-6-1-2-8(13-14(11)12)3-7(6)5-10;/h1-3H,(H,11,12);/q;+1/p-1. The topological polar surface area (TPSA) is 96.9 Å². The Morgan fingerprint density at radius 2 is 1.87 bits per heavy atom. The molecule has 5 nitrogen and oxygen atoms in total. The molecule has 0 saturated heterocycles. The van der Waals surface area contributed by atoms with E-state index in [9.17, 15) is 8.76 Å². The molecule has 0 aliphatic carbocycles. The van der Waals surface area contributed by atoms with Crippen LogP contribution < -0.4 is 55.6 Å². The van der Waals surface area contributed by atoms with Gasteiger partial charge in [-0.15, -0.1) is 0 Å². The molecule has 0 aromatic heterocycles. The maximum Gasteiger partial charge on any atom is 1.00 e. The van der Waals surface area contributed by atoms with Gasteiger partial charge >= 0.3 is 51.4 Å². The molecule has 15 heavy (non-hydrogen) atoms. The van der Waals surface area contributed by atoms with E-state index in [0.29, 0.717) is 0 Å². The second-order valence-corrected chi connectivity index (χ2v) is 2.79. The molecule has 0 aliphatic rings. The molecule has 0 amide bonds. The molecular weight excluding hydrogens is 243 g/mol. The maximum absolute atomic E-state index is 10.2. The monoisotopic (exact) mass is 246 g/mol. The summed E-state index contributed by atoms with van der Waals surface area (Å²) in [6, 6.07) is 7.36. The van der Waals surface area contributed by atoms with Gasteiger partial charge in [0.1, 0.15) is 29.2 Å². The van der Waals surface area contributed by atoms with Crippen LogP contribution in [0.3, 0.4) is 0 Å². The third-order valence-electron chi connectivity index (χ3n) is 1.40. The number of rotatable bonds is 2. The van der Waals surface area contributed by atoms with Crippen LogP contribution in [0.1, 0.15) is 11.1 Å². The van der Waals surface area contributed by atoms with Crippen molar-refractivity contribution in [1.82, 2.24) is 0 Å². The van der Waals surface area contributed by atoms with Crippen molar-refractivity contribution in [2.75, 3.05) is 0 Å². The van der Waals surface area contributed by atoms with Gasteiger partial charge in [-0.2, -0.15) is 10.5 Å². The molecule has 70 valence electrons. The molecule has 0 aliphatic heterocycles. The molecule has 0 heterocycles. The predicted molar refractivity (Wildman–Crippen MR) is 45.4 cm³/mol. The molecule has 1 unspecified atom stereocenters. The van der Waals surface area contributed by atoms with Crippen LogP contribution in [-0.2, 0) is 11.4 Å². The van der Waals surface area contributed by atoms with E-state index < -0.39 is 11.4 Å². The van der Waals surface area contributed by atoms with Gasteiger partial charge < -0.3 is 8.74 Å². The molecule has 7 heteroatoms. The van der Waals surface area contributed by atoms with Gasteiger partial charge in [0.15, 0.2) is 0 Å². The third-order valence-corrected chi connectivity index (χ3v) is 1.72. The van der Waals surface area contributed by atoms with Crippen molar-refractivity contribution in [2.24, 2.45) is 0 Å². The molecule has 0 N–H and O–H groups in total. The Kier molecular flexibility index (Phi) is 6.97. The molecule has 0 bridgehead atoms.